The lowest BCUT2D eigenvalue weighted by molar-refractivity contribution is 0.252. The fourth-order valence-electron chi connectivity index (χ4n) is 1.88. The molecule has 0 aliphatic carbocycles. The molecule has 20 heavy (non-hydrogen) atoms. The highest BCUT2D eigenvalue weighted by Gasteiger charge is 2.26. The second kappa shape index (κ2) is 7.01. The fraction of sp³-hybridized carbons (Fsp3) is 0.538. The van der Waals surface area contributed by atoms with Crippen molar-refractivity contribution in [2.45, 2.75) is 31.6 Å². The minimum atomic E-state index is -3.86. The van der Waals surface area contributed by atoms with Crippen LogP contribution in [0.2, 0.25) is 0 Å². The second-order valence-corrected chi connectivity index (χ2v) is 6.51. The SMILES string of the molecule is CCCCN(CCO)S(=O)(=O)c1cc(N)cc(F)c1C. The van der Waals surface area contributed by atoms with Gasteiger partial charge in [0.25, 0.3) is 0 Å². The summed E-state index contributed by atoms with van der Waals surface area (Å²) in [6.45, 7) is 3.33. The fourth-order valence-corrected chi connectivity index (χ4v) is 3.62. The highest BCUT2D eigenvalue weighted by atomic mass is 32.2. The number of anilines is 1. The third-order valence-electron chi connectivity index (χ3n) is 3.05. The van der Waals surface area contributed by atoms with Crippen LogP contribution in [-0.4, -0.2) is 37.5 Å². The van der Waals surface area contributed by atoms with Crippen molar-refractivity contribution in [3.05, 3.63) is 23.5 Å². The molecule has 1 rings (SSSR count). The van der Waals surface area contributed by atoms with Crippen molar-refractivity contribution in [3.8, 4) is 0 Å². The van der Waals surface area contributed by atoms with Gasteiger partial charge in [0.2, 0.25) is 10.0 Å². The van der Waals surface area contributed by atoms with E-state index in [4.69, 9.17) is 10.8 Å². The van der Waals surface area contributed by atoms with Gasteiger partial charge in [0.05, 0.1) is 11.5 Å². The number of aliphatic hydroxyl groups excluding tert-OH is 1. The van der Waals surface area contributed by atoms with Crippen molar-refractivity contribution in [1.29, 1.82) is 0 Å². The molecule has 0 spiro atoms. The van der Waals surface area contributed by atoms with Gasteiger partial charge in [-0.3, -0.25) is 0 Å². The number of hydrogen-bond donors (Lipinski definition) is 2. The Balaban J connectivity index is 3.25. The van der Waals surface area contributed by atoms with Gasteiger partial charge >= 0.3 is 0 Å². The van der Waals surface area contributed by atoms with Crippen LogP contribution in [-0.2, 0) is 10.0 Å². The molecule has 0 fully saturated rings. The normalized spacial score (nSPS) is 12.1. The second-order valence-electron chi connectivity index (χ2n) is 4.61. The Bertz CT molecular complexity index is 561. The molecular formula is C13H21FN2O3S. The molecule has 0 aromatic heterocycles. The van der Waals surface area contributed by atoms with Gasteiger partial charge < -0.3 is 10.8 Å². The number of hydrogen-bond acceptors (Lipinski definition) is 4. The van der Waals surface area contributed by atoms with E-state index in [1.54, 1.807) is 0 Å². The summed E-state index contributed by atoms with van der Waals surface area (Å²) in [6.07, 6.45) is 1.49. The van der Waals surface area contributed by atoms with Crippen LogP contribution in [0.3, 0.4) is 0 Å². The molecule has 7 heteroatoms. The summed E-state index contributed by atoms with van der Waals surface area (Å²) in [4.78, 5) is -0.139. The Kier molecular flexibility index (Phi) is 5.91. The first-order valence-electron chi connectivity index (χ1n) is 6.51. The van der Waals surface area contributed by atoms with Crippen molar-refractivity contribution in [3.63, 3.8) is 0 Å². The number of rotatable bonds is 7. The van der Waals surface area contributed by atoms with E-state index >= 15 is 0 Å². The monoisotopic (exact) mass is 304 g/mol. The molecule has 0 saturated heterocycles. The number of benzene rings is 1. The molecule has 0 heterocycles. The number of nitrogens with zero attached hydrogens (tertiary/aromatic N) is 1. The molecule has 1 aromatic carbocycles. The van der Waals surface area contributed by atoms with Gasteiger partial charge in [-0.2, -0.15) is 4.31 Å². The topological polar surface area (TPSA) is 83.6 Å². The van der Waals surface area contributed by atoms with Crippen LogP contribution < -0.4 is 5.73 Å². The molecule has 0 aliphatic rings. The first-order valence-corrected chi connectivity index (χ1v) is 7.95. The summed E-state index contributed by atoms with van der Waals surface area (Å²) < 4.78 is 39.9. The van der Waals surface area contributed by atoms with E-state index in [1.165, 1.54) is 13.0 Å². The molecule has 114 valence electrons. The third kappa shape index (κ3) is 3.68. The molecule has 3 N–H and O–H groups in total. The minimum Gasteiger partial charge on any atom is -0.399 e. The highest BCUT2D eigenvalue weighted by molar-refractivity contribution is 7.89. The average molecular weight is 304 g/mol. The largest absolute Gasteiger partial charge is 0.399 e. The van der Waals surface area contributed by atoms with Crippen LogP contribution in [0.4, 0.5) is 10.1 Å². The van der Waals surface area contributed by atoms with E-state index in [-0.39, 0.29) is 35.8 Å². The van der Waals surface area contributed by atoms with Gasteiger partial charge in [-0.25, -0.2) is 12.8 Å². The molecule has 5 nitrogen and oxygen atoms in total. The summed E-state index contributed by atoms with van der Waals surface area (Å²) in [5.74, 6) is -0.650. The average Bonchev–Trinajstić information content (AvgIpc) is 2.38. The predicted molar refractivity (Wildman–Crippen MR) is 76.3 cm³/mol. The number of aliphatic hydroxyl groups is 1. The number of halogens is 1. The van der Waals surface area contributed by atoms with Gasteiger partial charge in [0, 0.05) is 24.3 Å². The van der Waals surface area contributed by atoms with Crippen LogP contribution in [0.25, 0.3) is 0 Å². The predicted octanol–water partition coefficient (Wildman–Crippen LogP) is 1.50. The molecule has 0 unspecified atom stereocenters. The summed E-state index contributed by atoms with van der Waals surface area (Å²) in [5.41, 5.74) is 5.63. The number of unbranched alkanes of at least 4 members (excludes halogenated alkanes) is 1. The molecule has 0 aliphatic heterocycles. The zero-order valence-corrected chi connectivity index (χ0v) is 12.6. The summed E-state index contributed by atoms with van der Waals surface area (Å²) in [5, 5.41) is 9.02. The summed E-state index contributed by atoms with van der Waals surface area (Å²) in [7, 11) is -3.86. The Labute approximate surface area is 119 Å². The van der Waals surface area contributed by atoms with Gasteiger partial charge in [-0.15, -0.1) is 0 Å². The van der Waals surface area contributed by atoms with E-state index in [0.717, 1.165) is 16.8 Å². The summed E-state index contributed by atoms with van der Waals surface area (Å²) >= 11 is 0. The number of sulfonamides is 1. The van der Waals surface area contributed by atoms with Crippen molar-refractivity contribution in [2.24, 2.45) is 0 Å². The van der Waals surface area contributed by atoms with E-state index in [0.29, 0.717) is 6.42 Å². The van der Waals surface area contributed by atoms with Crippen molar-refractivity contribution in [1.82, 2.24) is 4.31 Å². The zero-order chi connectivity index (χ0) is 15.3. The molecule has 0 bridgehead atoms. The third-order valence-corrected chi connectivity index (χ3v) is 5.07. The van der Waals surface area contributed by atoms with Crippen LogP contribution >= 0.6 is 0 Å². The Morgan fingerprint density at radius 2 is 2.00 bits per heavy atom. The quantitative estimate of drug-likeness (QED) is 0.748. The Morgan fingerprint density at radius 1 is 1.35 bits per heavy atom. The maximum atomic E-state index is 13.7. The molecule has 0 radical (unpaired) electrons. The van der Waals surface area contributed by atoms with E-state index < -0.39 is 15.8 Å². The lowest BCUT2D eigenvalue weighted by Crippen LogP contribution is -2.35. The standard InChI is InChI=1S/C13H21FN2O3S/c1-3-4-5-16(6-7-17)20(18,19)13-9-11(15)8-12(14)10(13)2/h8-9,17H,3-7,15H2,1-2H3. The molecule has 0 amide bonds. The van der Waals surface area contributed by atoms with Gasteiger partial charge in [-0.1, -0.05) is 13.3 Å². The van der Waals surface area contributed by atoms with Crippen LogP contribution in [0.1, 0.15) is 25.3 Å². The Morgan fingerprint density at radius 3 is 2.55 bits per heavy atom. The lowest BCUT2D eigenvalue weighted by Gasteiger charge is -2.22. The summed E-state index contributed by atoms with van der Waals surface area (Å²) in [6, 6.07) is 2.35. The first kappa shape index (κ1) is 16.9. The van der Waals surface area contributed by atoms with Crippen molar-refractivity contribution >= 4 is 15.7 Å². The Hall–Kier alpha value is -1.18. The highest BCUT2D eigenvalue weighted by Crippen LogP contribution is 2.25. The first-order chi connectivity index (χ1) is 9.34. The maximum Gasteiger partial charge on any atom is 0.243 e. The minimum absolute atomic E-state index is 0.0157. The van der Waals surface area contributed by atoms with Crippen LogP contribution in [0, 0.1) is 12.7 Å². The van der Waals surface area contributed by atoms with Gasteiger partial charge in [0.1, 0.15) is 5.82 Å². The smallest absolute Gasteiger partial charge is 0.243 e. The van der Waals surface area contributed by atoms with Crippen molar-refractivity contribution < 1.29 is 17.9 Å². The van der Waals surface area contributed by atoms with Gasteiger partial charge in [-0.05, 0) is 25.5 Å². The van der Waals surface area contributed by atoms with E-state index in [9.17, 15) is 12.8 Å². The molecule has 0 saturated carbocycles. The number of nitrogens with two attached hydrogens (primary N) is 1. The van der Waals surface area contributed by atoms with E-state index in [1.807, 2.05) is 6.92 Å². The molecule has 0 atom stereocenters. The number of nitrogen functional groups attached to an aromatic ring is 1. The van der Waals surface area contributed by atoms with Gasteiger partial charge in [0.15, 0.2) is 0 Å². The molecule has 1 aromatic rings. The lowest BCUT2D eigenvalue weighted by atomic mass is 10.2. The zero-order valence-electron chi connectivity index (χ0n) is 11.8. The van der Waals surface area contributed by atoms with Crippen molar-refractivity contribution in [2.75, 3.05) is 25.4 Å². The maximum absolute atomic E-state index is 13.7. The van der Waals surface area contributed by atoms with E-state index in [2.05, 4.69) is 0 Å². The molecular weight excluding hydrogens is 283 g/mol. The van der Waals surface area contributed by atoms with Crippen LogP contribution in [0.15, 0.2) is 17.0 Å². The van der Waals surface area contributed by atoms with Crippen LogP contribution in [0.5, 0.6) is 0 Å².